The molecule has 0 amide bonds. The maximum absolute atomic E-state index is 9.86. The Balaban J connectivity index is 1.44. The van der Waals surface area contributed by atoms with Crippen LogP contribution in [0.3, 0.4) is 0 Å². The van der Waals surface area contributed by atoms with E-state index in [1.165, 1.54) is 12.8 Å². The van der Waals surface area contributed by atoms with E-state index in [2.05, 4.69) is 4.90 Å². The normalized spacial score (nSPS) is 36.0. The highest BCUT2D eigenvalue weighted by Gasteiger charge is 2.41. The van der Waals surface area contributed by atoms with Crippen molar-refractivity contribution >= 4 is 0 Å². The first-order valence-electron chi connectivity index (χ1n) is 7.62. The van der Waals surface area contributed by atoms with Crippen LogP contribution in [0.2, 0.25) is 0 Å². The van der Waals surface area contributed by atoms with E-state index in [4.69, 9.17) is 9.47 Å². The molecule has 0 saturated carbocycles. The van der Waals surface area contributed by atoms with E-state index in [-0.39, 0.29) is 12.2 Å². The predicted octanol–water partition coefficient (Wildman–Crippen LogP) is 1.81. The van der Waals surface area contributed by atoms with Crippen LogP contribution < -0.4 is 9.47 Å². The molecular weight excluding hydrogens is 254 g/mol. The summed E-state index contributed by atoms with van der Waals surface area (Å²) in [5.41, 5.74) is 0. The second-order valence-electron chi connectivity index (χ2n) is 6.20. The zero-order valence-corrected chi connectivity index (χ0v) is 11.6. The summed E-state index contributed by atoms with van der Waals surface area (Å²) in [5, 5.41) is 9.86. The van der Waals surface area contributed by atoms with Gasteiger partial charge in [0.25, 0.3) is 0 Å². The minimum atomic E-state index is -0.104. The number of benzene rings is 1. The molecule has 3 aliphatic heterocycles. The SMILES string of the molecule is OC1CC2CCC(C1)N2CC1COc2ccccc2O1. The molecule has 3 atom stereocenters. The Morgan fingerprint density at radius 3 is 2.55 bits per heavy atom. The summed E-state index contributed by atoms with van der Waals surface area (Å²) in [6.07, 6.45) is 4.26. The third-order valence-corrected chi connectivity index (χ3v) is 4.84. The molecule has 1 aromatic carbocycles. The average Bonchev–Trinajstić information content (AvgIpc) is 2.70. The number of para-hydroxylation sites is 2. The lowest BCUT2D eigenvalue weighted by Crippen LogP contribution is -2.50. The number of nitrogens with zero attached hydrogens (tertiary/aromatic N) is 1. The average molecular weight is 275 g/mol. The lowest BCUT2D eigenvalue weighted by atomic mass is 9.99. The molecule has 20 heavy (non-hydrogen) atoms. The van der Waals surface area contributed by atoms with Crippen LogP contribution in [0.1, 0.15) is 25.7 Å². The Hall–Kier alpha value is -1.26. The number of fused-ring (bicyclic) bond motifs is 3. The first-order valence-corrected chi connectivity index (χ1v) is 7.62. The summed E-state index contributed by atoms with van der Waals surface area (Å²) >= 11 is 0. The first kappa shape index (κ1) is 12.5. The van der Waals surface area contributed by atoms with E-state index in [0.717, 1.165) is 30.9 Å². The van der Waals surface area contributed by atoms with Gasteiger partial charge in [-0.05, 0) is 37.8 Å². The minimum Gasteiger partial charge on any atom is -0.486 e. The van der Waals surface area contributed by atoms with Gasteiger partial charge in [-0.25, -0.2) is 0 Å². The number of ether oxygens (including phenoxy) is 2. The summed E-state index contributed by atoms with van der Waals surface area (Å²) in [4.78, 5) is 2.54. The highest BCUT2D eigenvalue weighted by Crippen LogP contribution is 2.37. The standard InChI is InChI=1S/C16H21NO3/c18-13-7-11-5-6-12(8-13)17(11)9-14-10-19-15-3-1-2-4-16(15)20-14/h1-4,11-14,18H,5-10H2. The van der Waals surface area contributed by atoms with Crippen molar-refractivity contribution in [3.63, 3.8) is 0 Å². The second kappa shape index (κ2) is 4.93. The quantitative estimate of drug-likeness (QED) is 0.894. The third kappa shape index (κ3) is 2.17. The molecule has 108 valence electrons. The molecule has 4 nitrogen and oxygen atoms in total. The van der Waals surface area contributed by atoms with Gasteiger partial charge in [-0.2, -0.15) is 0 Å². The van der Waals surface area contributed by atoms with Gasteiger partial charge in [0, 0.05) is 18.6 Å². The number of hydrogen-bond donors (Lipinski definition) is 1. The molecule has 1 aromatic rings. The third-order valence-electron chi connectivity index (χ3n) is 4.84. The van der Waals surface area contributed by atoms with Crippen molar-refractivity contribution in [3.8, 4) is 11.5 Å². The molecule has 4 rings (SSSR count). The Morgan fingerprint density at radius 2 is 1.80 bits per heavy atom. The first-order chi connectivity index (χ1) is 9.79. The zero-order valence-electron chi connectivity index (χ0n) is 11.6. The summed E-state index contributed by atoms with van der Waals surface area (Å²) < 4.78 is 11.8. The van der Waals surface area contributed by atoms with Crippen molar-refractivity contribution in [1.82, 2.24) is 4.90 Å². The fourth-order valence-electron chi connectivity index (χ4n) is 3.93. The molecule has 0 aromatic heterocycles. The molecule has 4 heteroatoms. The maximum Gasteiger partial charge on any atom is 0.161 e. The molecule has 3 aliphatic rings. The predicted molar refractivity (Wildman–Crippen MR) is 75.1 cm³/mol. The summed E-state index contributed by atoms with van der Waals surface area (Å²) in [7, 11) is 0. The highest BCUT2D eigenvalue weighted by atomic mass is 16.6. The Bertz CT molecular complexity index is 478. The second-order valence-corrected chi connectivity index (χ2v) is 6.20. The van der Waals surface area contributed by atoms with E-state index >= 15 is 0 Å². The molecule has 1 N–H and O–H groups in total. The van der Waals surface area contributed by atoms with Crippen LogP contribution in [-0.4, -0.2) is 47.4 Å². The molecule has 2 bridgehead atoms. The van der Waals surface area contributed by atoms with Gasteiger partial charge >= 0.3 is 0 Å². The van der Waals surface area contributed by atoms with Crippen molar-refractivity contribution < 1.29 is 14.6 Å². The van der Waals surface area contributed by atoms with Crippen LogP contribution >= 0.6 is 0 Å². The van der Waals surface area contributed by atoms with E-state index in [9.17, 15) is 5.11 Å². The van der Waals surface area contributed by atoms with E-state index in [1.54, 1.807) is 0 Å². The van der Waals surface area contributed by atoms with Crippen molar-refractivity contribution in [2.75, 3.05) is 13.2 Å². The molecule has 3 unspecified atom stereocenters. The fraction of sp³-hybridized carbons (Fsp3) is 0.625. The smallest absolute Gasteiger partial charge is 0.161 e. The van der Waals surface area contributed by atoms with Gasteiger partial charge in [0.15, 0.2) is 11.5 Å². The van der Waals surface area contributed by atoms with Gasteiger partial charge in [0.1, 0.15) is 12.7 Å². The van der Waals surface area contributed by atoms with Crippen LogP contribution in [0.4, 0.5) is 0 Å². The highest BCUT2D eigenvalue weighted by molar-refractivity contribution is 5.40. The van der Waals surface area contributed by atoms with Crippen molar-refractivity contribution in [2.45, 2.75) is 50.0 Å². The summed E-state index contributed by atoms with van der Waals surface area (Å²) in [6.45, 7) is 1.53. The van der Waals surface area contributed by atoms with Crippen LogP contribution in [0.15, 0.2) is 24.3 Å². The molecule has 2 fully saturated rings. The van der Waals surface area contributed by atoms with Gasteiger partial charge in [0.2, 0.25) is 0 Å². The summed E-state index contributed by atoms with van der Waals surface area (Å²) in [6, 6.07) is 8.93. The fourth-order valence-corrected chi connectivity index (χ4v) is 3.93. The number of rotatable bonds is 2. The Kier molecular flexibility index (Phi) is 3.08. The molecule has 0 spiro atoms. The van der Waals surface area contributed by atoms with E-state index in [0.29, 0.717) is 18.7 Å². The monoisotopic (exact) mass is 275 g/mol. The minimum absolute atomic E-state index is 0.100. The lowest BCUT2D eigenvalue weighted by Gasteiger charge is -2.39. The number of piperidine rings is 1. The van der Waals surface area contributed by atoms with Crippen LogP contribution in [-0.2, 0) is 0 Å². The molecule has 3 heterocycles. The Labute approximate surface area is 119 Å². The molecule has 0 aliphatic carbocycles. The van der Waals surface area contributed by atoms with Crippen LogP contribution in [0.25, 0.3) is 0 Å². The van der Waals surface area contributed by atoms with Crippen LogP contribution in [0.5, 0.6) is 11.5 Å². The van der Waals surface area contributed by atoms with E-state index < -0.39 is 0 Å². The van der Waals surface area contributed by atoms with Crippen molar-refractivity contribution in [2.24, 2.45) is 0 Å². The lowest BCUT2D eigenvalue weighted by molar-refractivity contribution is -0.00342. The Morgan fingerprint density at radius 1 is 1.10 bits per heavy atom. The number of hydrogen-bond acceptors (Lipinski definition) is 4. The summed E-state index contributed by atoms with van der Waals surface area (Å²) in [5.74, 6) is 1.70. The number of aliphatic hydroxyl groups is 1. The van der Waals surface area contributed by atoms with Gasteiger partial charge < -0.3 is 14.6 Å². The maximum atomic E-state index is 9.86. The van der Waals surface area contributed by atoms with Crippen molar-refractivity contribution in [3.05, 3.63) is 24.3 Å². The van der Waals surface area contributed by atoms with Crippen molar-refractivity contribution in [1.29, 1.82) is 0 Å². The van der Waals surface area contributed by atoms with E-state index in [1.807, 2.05) is 24.3 Å². The van der Waals surface area contributed by atoms with Gasteiger partial charge in [-0.3, -0.25) is 4.90 Å². The molecular formula is C16H21NO3. The molecule has 2 saturated heterocycles. The zero-order chi connectivity index (χ0) is 13.5. The van der Waals surface area contributed by atoms with Gasteiger partial charge in [-0.1, -0.05) is 12.1 Å². The topological polar surface area (TPSA) is 41.9 Å². The largest absolute Gasteiger partial charge is 0.486 e. The van der Waals surface area contributed by atoms with Crippen LogP contribution in [0, 0.1) is 0 Å². The van der Waals surface area contributed by atoms with Gasteiger partial charge in [0.05, 0.1) is 6.10 Å². The number of aliphatic hydroxyl groups excluding tert-OH is 1. The molecule has 0 radical (unpaired) electrons. The van der Waals surface area contributed by atoms with Gasteiger partial charge in [-0.15, -0.1) is 0 Å².